The summed E-state index contributed by atoms with van der Waals surface area (Å²) >= 11 is 12.8. The molecule has 0 saturated heterocycles. The van der Waals surface area contributed by atoms with Crippen LogP contribution in [-0.2, 0) is 4.79 Å². The lowest BCUT2D eigenvalue weighted by Crippen LogP contribution is -2.20. The van der Waals surface area contributed by atoms with Crippen LogP contribution in [0.3, 0.4) is 0 Å². The van der Waals surface area contributed by atoms with Crippen molar-refractivity contribution in [1.29, 1.82) is 0 Å². The van der Waals surface area contributed by atoms with Gasteiger partial charge in [0, 0.05) is 4.90 Å². The molecule has 3 N–H and O–H groups in total. The van der Waals surface area contributed by atoms with Gasteiger partial charge in [-0.15, -0.1) is 11.8 Å². The number of carbonyl (C=O) groups is 1. The average molecular weight is 280 g/mol. The molecule has 0 amide bonds. The van der Waals surface area contributed by atoms with Gasteiger partial charge in [-0.2, -0.15) is 0 Å². The Labute approximate surface area is 108 Å². The van der Waals surface area contributed by atoms with E-state index < -0.39 is 11.2 Å². The van der Waals surface area contributed by atoms with Crippen LogP contribution in [0.1, 0.15) is 6.42 Å². The zero-order valence-corrected chi connectivity index (χ0v) is 10.6. The maximum absolute atomic E-state index is 10.9. The molecule has 3 nitrogen and oxygen atoms in total. The Balaban J connectivity index is 2.77. The third-order valence-electron chi connectivity index (χ3n) is 1.87. The first kappa shape index (κ1) is 13.6. The van der Waals surface area contributed by atoms with Crippen LogP contribution in [0.15, 0.2) is 23.1 Å². The van der Waals surface area contributed by atoms with Crippen LogP contribution >= 0.6 is 35.0 Å². The largest absolute Gasteiger partial charge is 0.480 e. The number of nitrogens with two attached hydrogens (primary N) is 1. The lowest BCUT2D eigenvalue weighted by atomic mass is 10.3. The average Bonchev–Trinajstić information content (AvgIpc) is 2.22. The van der Waals surface area contributed by atoms with E-state index >= 15 is 0 Å². The van der Waals surface area contributed by atoms with Crippen LogP contribution in [0.4, 0.5) is 0 Å². The summed E-state index contributed by atoms with van der Waals surface area (Å²) in [7, 11) is 0. The second-order valence-electron chi connectivity index (χ2n) is 3.10. The van der Waals surface area contributed by atoms with Crippen molar-refractivity contribution in [3.8, 4) is 0 Å². The van der Waals surface area contributed by atoms with Crippen molar-refractivity contribution in [1.82, 2.24) is 0 Å². The maximum atomic E-state index is 10.9. The summed E-state index contributed by atoms with van der Waals surface area (Å²) in [6.07, 6.45) is 0.417. The number of benzene rings is 1. The standard InChI is InChI=1S/C10H11Cl2NO2S/c11-7-2-1-6(5-8(7)12)16-9(3-4-13)10(14)15/h1-2,5,9H,3-4,13H2,(H,14,15). The minimum absolute atomic E-state index is 0.339. The highest BCUT2D eigenvalue weighted by Gasteiger charge is 2.18. The van der Waals surface area contributed by atoms with Crippen LogP contribution in [0.5, 0.6) is 0 Å². The molecular formula is C10H11Cl2NO2S. The van der Waals surface area contributed by atoms with E-state index in [0.29, 0.717) is 23.0 Å². The van der Waals surface area contributed by atoms with E-state index in [1.165, 1.54) is 11.8 Å². The zero-order chi connectivity index (χ0) is 12.1. The Kier molecular flexibility index (Phi) is 5.41. The van der Waals surface area contributed by atoms with Gasteiger partial charge in [-0.25, -0.2) is 0 Å². The van der Waals surface area contributed by atoms with E-state index in [1.54, 1.807) is 18.2 Å². The molecule has 1 aromatic rings. The number of thioether (sulfide) groups is 1. The molecule has 0 saturated carbocycles. The van der Waals surface area contributed by atoms with Crippen LogP contribution < -0.4 is 5.73 Å². The van der Waals surface area contributed by atoms with Crippen LogP contribution in [0, 0.1) is 0 Å². The number of carboxylic acid groups (broad SMARTS) is 1. The first-order valence-corrected chi connectivity index (χ1v) is 6.22. The number of carboxylic acids is 1. The van der Waals surface area contributed by atoms with Crippen molar-refractivity contribution < 1.29 is 9.90 Å². The van der Waals surface area contributed by atoms with Gasteiger partial charge >= 0.3 is 5.97 Å². The van der Waals surface area contributed by atoms with E-state index in [1.807, 2.05) is 0 Å². The molecule has 0 spiro atoms. The van der Waals surface area contributed by atoms with Gasteiger partial charge in [0.25, 0.3) is 0 Å². The summed E-state index contributed by atoms with van der Waals surface area (Å²) in [6, 6.07) is 5.04. The molecule has 0 aliphatic rings. The fourth-order valence-electron chi connectivity index (χ4n) is 1.10. The summed E-state index contributed by atoms with van der Waals surface area (Å²) in [5.41, 5.74) is 5.35. The normalized spacial score (nSPS) is 12.4. The maximum Gasteiger partial charge on any atom is 0.317 e. The van der Waals surface area contributed by atoms with Crippen LogP contribution in [0.25, 0.3) is 0 Å². The van der Waals surface area contributed by atoms with Gasteiger partial charge < -0.3 is 10.8 Å². The van der Waals surface area contributed by atoms with Crippen LogP contribution in [-0.4, -0.2) is 22.9 Å². The molecule has 1 atom stereocenters. The SMILES string of the molecule is NCCC(Sc1ccc(Cl)c(Cl)c1)C(=O)O. The molecule has 0 radical (unpaired) electrons. The minimum Gasteiger partial charge on any atom is -0.480 e. The number of aliphatic carboxylic acids is 1. The summed E-state index contributed by atoms with van der Waals surface area (Å²) in [5.74, 6) is -0.874. The fraction of sp³-hybridized carbons (Fsp3) is 0.300. The lowest BCUT2D eigenvalue weighted by Gasteiger charge is -2.10. The summed E-state index contributed by atoms with van der Waals surface area (Å²) in [5, 5.41) is 9.28. The Morgan fingerprint density at radius 2 is 2.12 bits per heavy atom. The summed E-state index contributed by atoms with van der Waals surface area (Å²) in [6.45, 7) is 0.339. The zero-order valence-electron chi connectivity index (χ0n) is 8.32. The molecular weight excluding hydrogens is 269 g/mol. The Hall–Kier alpha value is -0.420. The molecule has 6 heteroatoms. The Morgan fingerprint density at radius 3 is 2.62 bits per heavy atom. The predicted molar refractivity (Wildman–Crippen MR) is 67.4 cm³/mol. The molecule has 0 heterocycles. The highest BCUT2D eigenvalue weighted by molar-refractivity contribution is 8.00. The van der Waals surface area contributed by atoms with Crippen molar-refractivity contribution in [3.05, 3.63) is 28.2 Å². The third-order valence-corrected chi connectivity index (χ3v) is 3.86. The van der Waals surface area contributed by atoms with Gasteiger partial charge in [0.05, 0.1) is 10.0 Å². The van der Waals surface area contributed by atoms with Gasteiger partial charge in [0.1, 0.15) is 5.25 Å². The van der Waals surface area contributed by atoms with Gasteiger partial charge in [-0.3, -0.25) is 4.79 Å². The van der Waals surface area contributed by atoms with E-state index in [-0.39, 0.29) is 0 Å². The van der Waals surface area contributed by atoms with Crippen molar-refractivity contribution in [3.63, 3.8) is 0 Å². The van der Waals surface area contributed by atoms with Crippen molar-refractivity contribution in [2.24, 2.45) is 5.73 Å². The van der Waals surface area contributed by atoms with Gasteiger partial charge in [0.2, 0.25) is 0 Å². The quantitative estimate of drug-likeness (QED) is 0.814. The predicted octanol–water partition coefficient (Wildman–Crippen LogP) is 2.89. The number of hydrogen-bond acceptors (Lipinski definition) is 3. The summed E-state index contributed by atoms with van der Waals surface area (Å²) < 4.78 is 0. The molecule has 0 bridgehead atoms. The molecule has 0 aliphatic heterocycles. The van der Waals surface area contributed by atoms with E-state index in [0.717, 1.165) is 4.90 Å². The van der Waals surface area contributed by atoms with Crippen molar-refractivity contribution >= 4 is 40.9 Å². The fourth-order valence-corrected chi connectivity index (χ4v) is 2.48. The monoisotopic (exact) mass is 279 g/mol. The molecule has 1 unspecified atom stereocenters. The van der Waals surface area contributed by atoms with Crippen LogP contribution in [0.2, 0.25) is 10.0 Å². The topological polar surface area (TPSA) is 63.3 Å². The van der Waals surface area contributed by atoms with Crippen molar-refractivity contribution in [2.75, 3.05) is 6.54 Å². The molecule has 1 aromatic carbocycles. The minimum atomic E-state index is -0.874. The van der Waals surface area contributed by atoms with Gasteiger partial charge in [-0.1, -0.05) is 23.2 Å². The molecule has 0 aromatic heterocycles. The highest BCUT2D eigenvalue weighted by Crippen LogP contribution is 2.31. The first-order chi connectivity index (χ1) is 7.54. The first-order valence-electron chi connectivity index (χ1n) is 4.59. The van der Waals surface area contributed by atoms with E-state index in [2.05, 4.69) is 0 Å². The molecule has 1 rings (SSSR count). The highest BCUT2D eigenvalue weighted by atomic mass is 35.5. The number of hydrogen-bond donors (Lipinski definition) is 2. The third kappa shape index (κ3) is 3.87. The van der Waals surface area contributed by atoms with Gasteiger partial charge in [-0.05, 0) is 31.2 Å². The number of halogens is 2. The van der Waals surface area contributed by atoms with E-state index in [9.17, 15) is 4.79 Å². The molecule has 88 valence electrons. The smallest absolute Gasteiger partial charge is 0.317 e. The number of rotatable bonds is 5. The Morgan fingerprint density at radius 1 is 1.44 bits per heavy atom. The van der Waals surface area contributed by atoms with Crippen molar-refractivity contribution in [2.45, 2.75) is 16.6 Å². The lowest BCUT2D eigenvalue weighted by molar-refractivity contribution is -0.136. The Bertz CT molecular complexity index is 387. The second kappa shape index (κ2) is 6.35. The molecule has 0 aliphatic carbocycles. The molecule has 0 fully saturated rings. The van der Waals surface area contributed by atoms with E-state index in [4.69, 9.17) is 34.0 Å². The van der Waals surface area contributed by atoms with Gasteiger partial charge in [0.15, 0.2) is 0 Å². The molecule has 16 heavy (non-hydrogen) atoms. The summed E-state index contributed by atoms with van der Waals surface area (Å²) in [4.78, 5) is 11.7. The second-order valence-corrected chi connectivity index (χ2v) is 5.19.